The van der Waals surface area contributed by atoms with Gasteiger partial charge in [-0.2, -0.15) is 4.98 Å². The average Bonchev–Trinajstić information content (AvgIpc) is 3.27. The predicted molar refractivity (Wildman–Crippen MR) is 89.9 cm³/mol. The fraction of sp³-hybridized carbons (Fsp3) is 0.500. The summed E-state index contributed by atoms with van der Waals surface area (Å²) in [7, 11) is 0. The smallest absolute Gasteiger partial charge is 0.226 e. The van der Waals surface area contributed by atoms with Crippen LogP contribution >= 0.6 is 11.6 Å². The molecular weight excluding hydrogens is 326 g/mol. The van der Waals surface area contributed by atoms with Crippen molar-refractivity contribution in [1.82, 2.24) is 15.0 Å². The maximum Gasteiger partial charge on any atom is 0.226 e. The van der Waals surface area contributed by atoms with Gasteiger partial charge in [-0.1, -0.05) is 35.0 Å². The van der Waals surface area contributed by atoms with Gasteiger partial charge in [-0.25, -0.2) is 0 Å². The van der Waals surface area contributed by atoms with Crippen molar-refractivity contribution in [2.24, 2.45) is 5.92 Å². The second kappa shape index (κ2) is 6.20. The minimum Gasteiger partial charge on any atom is -0.342 e. The number of carbonyl (C=O) groups is 1. The van der Waals surface area contributed by atoms with Crippen molar-refractivity contribution in [2.45, 2.75) is 38.0 Å². The predicted octanol–water partition coefficient (Wildman–Crippen LogP) is 3.54. The summed E-state index contributed by atoms with van der Waals surface area (Å²) >= 11 is 6.27. The highest BCUT2D eigenvalue weighted by Gasteiger charge is 2.47. The molecule has 0 unspecified atom stereocenters. The van der Waals surface area contributed by atoms with Crippen LogP contribution in [-0.4, -0.2) is 34.0 Å². The van der Waals surface area contributed by atoms with Gasteiger partial charge in [0, 0.05) is 36.9 Å². The monoisotopic (exact) mass is 345 g/mol. The molecule has 2 heterocycles. The van der Waals surface area contributed by atoms with Crippen molar-refractivity contribution in [1.29, 1.82) is 0 Å². The third-order valence-electron chi connectivity index (χ3n) is 5.05. The van der Waals surface area contributed by atoms with Gasteiger partial charge in [-0.15, -0.1) is 0 Å². The first-order chi connectivity index (χ1) is 11.6. The summed E-state index contributed by atoms with van der Waals surface area (Å²) < 4.78 is 5.08. The lowest BCUT2D eigenvalue weighted by Crippen LogP contribution is -2.40. The number of rotatable bonds is 3. The van der Waals surface area contributed by atoms with Crippen molar-refractivity contribution in [3.05, 3.63) is 46.6 Å². The Kier molecular flexibility index (Phi) is 4.04. The molecule has 2 aromatic rings. The molecule has 0 spiro atoms. The SMILES string of the molecule is Cc1nc([C@@H]2CCCN(C(=O)[C@H]3C[C@@H]3c3ccccc3Cl)C2)no1. The molecule has 1 aliphatic carbocycles. The molecule has 1 amide bonds. The summed E-state index contributed by atoms with van der Waals surface area (Å²) in [6.45, 7) is 3.29. The van der Waals surface area contributed by atoms with Gasteiger partial charge >= 0.3 is 0 Å². The molecule has 2 aliphatic rings. The van der Waals surface area contributed by atoms with Gasteiger partial charge in [0.25, 0.3) is 0 Å². The van der Waals surface area contributed by atoms with E-state index in [9.17, 15) is 4.79 Å². The Hall–Kier alpha value is -1.88. The molecule has 0 N–H and O–H groups in total. The van der Waals surface area contributed by atoms with E-state index in [1.807, 2.05) is 29.2 Å². The summed E-state index contributed by atoms with van der Waals surface area (Å²) in [4.78, 5) is 19.2. The number of carbonyl (C=O) groups excluding carboxylic acids is 1. The zero-order valence-electron chi connectivity index (χ0n) is 13.6. The topological polar surface area (TPSA) is 59.2 Å². The number of hydrogen-bond acceptors (Lipinski definition) is 4. The Morgan fingerprint density at radius 1 is 1.38 bits per heavy atom. The second-order valence-corrected chi connectivity index (χ2v) is 7.17. The van der Waals surface area contributed by atoms with Crippen LogP contribution in [0.5, 0.6) is 0 Å². The molecule has 4 rings (SSSR count). The van der Waals surface area contributed by atoms with Gasteiger partial charge in [0.2, 0.25) is 11.8 Å². The van der Waals surface area contributed by atoms with Gasteiger partial charge in [0.15, 0.2) is 5.82 Å². The van der Waals surface area contributed by atoms with Crippen LogP contribution in [0.1, 0.15) is 48.4 Å². The summed E-state index contributed by atoms with van der Waals surface area (Å²) in [6, 6.07) is 7.83. The first-order valence-corrected chi connectivity index (χ1v) is 8.84. The minimum atomic E-state index is 0.0654. The van der Waals surface area contributed by atoms with Gasteiger partial charge in [0.05, 0.1) is 0 Å². The van der Waals surface area contributed by atoms with E-state index in [1.165, 1.54) is 0 Å². The highest BCUT2D eigenvalue weighted by atomic mass is 35.5. The lowest BCUT2D eigenvalue weighted by Gasteiger charge is -2.31. The molecule has 2 fully saturated rings. The Morgan fingerprint density at radius 3 is 2.96 bits per heavy atom. The van der Waals surface area contributed by atoms with Crippen LogP contribution in [0.3, 0.4) is 0 Å². The van der Waals surface area contributed by atoms with Crippen molar-refractivity contribution in [3.63, 3.8) is 0 Å². The van der Waals surface area contributed by atoms with Crippen molar-refractivity contribution >= 4 is 17.5 Å². The Morgan fingerprint density at radius 2 is 2.21 bits per heavy atom. The first kappa shape index (κ1) is 15.6. The largest absolute Gasteiger partial charge is 0.342 e. The number of piperidine rings is 1. The Labute approximate surface area is 146 Å². The fourth-order valence-corrected chi connectivity index (χ4v) is 3.97. The van der Waals surface area contributed by atoms with E-state index in [4.69, 9.17) is 16.1 Å². The lowest BCUT2D eigenvalue weighted by molar-refractivity contribution is -0.133. The highest BCUT2D eigenvalue weighted by molar-refractivity contribution is 6.31. The van der Waals surface area contributed by atoms with Crippen LogP contribution in [0.4, 0.5) is 0 Å². The normalized spacial score (nSPS) is 26.4. The van der Waals surface area contributed by atoms with E-state index >= 15 is 0 Å². The zero-order valence-corrected chi connectivity index (χ0v) is 14.4. The molecule has 1 aliphatic heterocycles. The minimum absolute atomic E-state index is 0.0654. The number of aryl methyl sites for hydroxylation is 1. The van der Waals surface area contributed by atoms with E-state index in [-0.39, 0.29) is 23.7 Å². The molecular formula is C18H20ClN3O2. The number of halogens is 1. The van der Waals surface area contributed by atoms with E-state index < -0.39 is 0 Å². The maximum absolute atomic E-state index is 12.9. The Balaban J connectivity index is 1.43. The zero-order chi connectivity index (χ0) is 16.7. The van der Waals surface area contributed by atoms with E-state index in [0.29, 0.717) is 12.4 Å². The molecule has 3 atom stereocenters. The quantitative estimate of drug-likeness (QED) is 0.853. The van der Waals surface area contributed by atoms with Crippen LogP contribution in [0.15, 0.2) is 28.8 Å². The molecule has 1 aromatic heterocycles. The molecule has 0 bridgehead atoms. The molecule has 126 valence electrons. The Bertz CT molecular complexity index is 760. The summed E-state index contributed by atoms with van der Waals surface area (Å²) in [5.41, 5.74) is 1.10. The number of aromatic nitrogens is 2. The molecule has 5 nitrogen and oxygen atoms in total. The fourth-order valence-electron chi connectivity index (χ4n) is 3.69. The van der Waals surface area contributed by atoms with Crippen molar-refractivity contribution in [2.75, 3.05) is 13.1 Å². The van der Waals surface area contributed by atoms with Crippen LogP contribution in [-0.2, 0) is 4.79 Å². The number of amides is 1. The molecule has 1 saturated heterocycles. The number of hydrogen-bond donors (Lipinski definition) is 0. The van der Waals surface area contributed by atoms with Crippen LogP contribution < -0.4 is 0 Å². The number of nitrogens with zero attached hydrogens (tertiary/aromatic N) is 3. The van der Waals surface area contributed by atoms with Gasteiger partial charge in [0.1, 0.15) is 0 Å². The lowest BCUT2D eigenvalue weighted by atomic mass is 9.96. The molecule has 0 radical (unpaired) electrons. The first-order valence-electron chi connectivity index (χ1n) is 8.47. The van der Waals surface area contributed by atoms with Crippen molar-refractivity contribution in [3.8, 4) is 0 Å². The van der Waals surface area contributed by atoms with E-state index in [2.05, 4.69) is 10.1 Å². The van der Waals surface area contributed by atoms with E-state index in [1.54, 1.807) is 6.92 Å². The second-order valence-electron chi connectivity index (χ2n) is 6.77. The summed E-state index contributed by atoms with van der Waals surface area (Å²) in [5, 5.41) is 4.79. The third-order valence-corrected chi connectivity index (χ3v) is 5.40. The van der Waals surface area contributed by atoms with Crippen molar-refractivity contribution < 1.29 is 9.32 Å². The van der Waals surface area contributed by atoms with Crippen LogP contribution in [0.2, 0.25) is 5.02 Å². The highest BCUT2D eigenvalue weighted by Crippen LogP contribution is 2.50. The van der Waals surface area contributed by atoms with Gasteiger partial charge in [-0.3, -0.25) is 4.79 Å². The number of likely N-dealkylation sites (tertiary alicyclic amines) is 1. The van der Waals surface area contributed by atoms with Crippen LogP contribution in [0, 0.1) is 12.8 Å². The van der Waals surface area contributed by atoms with Crippen LogP contribution in [0.25, 0.3) is 0 Å². The van der Waals surface area contributed by atoms with E-state index in [0.717, 1.165) is 42.2 Å². The average molecular weight is 346 g/mol. The number of benzene rings is 1. The molecule has 1 saturated carbocycles. The molecule has 6 heteroatoms. The molecule has 24 heavy (non-hydrogen) atoms. The summed E-state index contributed by atoms with van der Waals surface area (Å²) in [6.07, 6.45) is 2.87. The summed E-state index contributed by atoms with van der Waals surface area (Å²) in [5.74, 6) is 2.05. The molecule has 1 aromatic carbocycles. The third kappa shape index (κ3) is 2.93. The maximum atomic E-state index is 12.9. The standard InChI is InChI=1S/C18H20ClN3O2/c1-11-20-17(21-24-11)12-5-4-8-22(10-12)18(23)15-9-14(15)13-6-2-3-7-16(13)19/h2-3,6-7,12,14-15H,4-5,8-10H2,1H3/t12-,14-,15+/m1/s1. The van der Waals surface area contributed by atoms with Gasteiger partial charge < -0.3 is 9.42 Å². The van der Waals surface area contributed by atoms with Gasteiger partial charge in [-0.05, 0) is 36.8 Å².